The van der Waals surface area contributed by atoms with Gasteiger partial charge < -0.3 is 10.6 Å². The average Bonchev–Trinajstić information content (AvgIpc) is 2.57. The van der Waals surface area contributed by atoms with Crippen LogP contribution in [0.1, 0.15) is 5.56 Å². The van der Waals surface area contributed by atoms with Crippen molar-refractivity contribution < 1.29 is 0 Å². The van der Waals surface area contributed by atoms with Crippen LogP contribution in [-0.4, -0.2) is 15.2 Å². The normalized spacial score (nSPS) is 9.91. The number of hydrogen-bond acceptors (Lipinski definition) is 6. The summed E-state index contributed by atoms with van der Waals surface area (Å²) in [6, 6.07) is 16.4. The van der Waals surface area contributed by atoms with E-state index in [2.05, 4.69) is 31.9 Å². The standard InChI is InChI=1S/C16H11ClN6/c17-13-6-1-2-7-14(13)21-15-10-19-23-16(22-15)20-12-5-3-4-11(8-12)9-18/h1-8,10H,(H2,20,21,22,23). The zero-order valence-electron chi connectivity index (χ0n) is 11.9. The molecule has 6 nitrogen and oxygen atoms in total. The van der Waals surface area contributed by atoms with Crippen molar-refractivity contribution in [3.63, 3.8) is 0 Å². The molecule has 0 atom stereocenters. The molecule has 2 aromatic carbocycles. The largest absolute Gasteiger partial charge is 0.338 e. The Morgan fingerprint density at radius 1 is 1.04 bits per heavy atom. The van der Waals surface area contributed by atoms with E-state index in [1.165, 1.54) is 6.20 Å². The van der Waals surface area contributed by atoms with E-state index in [0.717, 1.165) is 5.69 Å². The third-order valence-electron chi connectivity index (χ3n) is 2.94. The summed E-state index contributed by atoms with van der Waals surface area (Å²) < 4.78 is 0. The minimum Gasteiger partial charge on any atom is -0.338 e. The summed E-state index contributed by atoms with van der Waals surface area (Å²) >= 11 is 6.10. The second-order valence-electron chi connectivity index (χ2n) is 4.59. The van der Waals surface area contributed by atoms with Crippen LogP contribution in [0.5, 0.6) is 0 Å². The number of nitrogens with one attached hydrogen (secondary N) is 2. The number of anilines is 4. The summed E-state index contributed by atoms with van der Waals surface area (Å²) in [5.74, 6) is 0.823. The average molecular weight is 323 g/mol. The summed E-state index contributed by atoms with van der Waals surface area (Å²) in [5, 5.41) is 23.4. The van der Waals surface area contributed by atoms with Crippen molar-refractivity contribution in [3.8, 4) is 6.07 Å². The highest BCUT2D eigenvalue weighted by atomic mass is 35.5. The van der Waals surface area contributed by atoms with Gasteiger partial charge >= 0.3 is 0 Å². The number of nitriles is 1. The fourth-order valence-electron chi connectivity index (χ4n) is 1.91. The molecule has 0 unspecified atom stereocenters. The van der Waals surface area contributed by atoms with E-state index in [4.69, 9.17) is 16.9 Å². The lowest BCUT2D eigenvalue weighted by atomic mass is 10.2. The Labute approximate surface area is 137 Å². The molecule has 3 rings (SSSR count). The molecule has 23 heavy (non-hydrogen) atoms. The molecule has 0 aliphatic heterocycles. The van der Waals surface area contributed by atoms with Gasteiger partial charge in [0.15, 0.2) is 5.82 Å². The van der Waals surface area contributed by atoms with E-state index in [-0.39, 0.29) is 0 Å². The topological polar surface area (TPSA) is 86.5 Å². The van der Waals surface area contributed by atoms with Crippen LogP contribution < -0.4 is 10.6 Å². The highest BCUT2D eigenvalue weighted by molar-refractivity contribution is 6.33. The number of benzene rings is 2. The molecule has 0 fully saturated rings. The molecule has 2 N–H and O–H groups in total. The van der Waals surface area contributed by atoms with E-state index >= 15 is 0 Å². The van der Waals surface area contributed by atoms with Crippen molar-refractivity contribution in [3.05, 3.63) is 65.3 Å². The van der Waals surface area contributed by atoms with Crippen LogP contribution >= 0.6 is 11.6 Å². The van der Waals surface area contributed by atoms with Gasteiger partial charge in [0.2, 0.25) is 5.95 Å². The highest BCUT2D eigenvalue weighted by Gasteiger charge is 2.04. The van der Waals surface area contributed by atoms with Crippen molar-refractivity contribution in [1.82, 2.24) is 15.2 Å². The first kappa shape index (κ1) is 14.8. The zero-order chi connectivity index (χ0) is 16.1. The first-order chi connectivity index (χ1) is 11.2. The van der Waals surface area contributed by atoms with Crippen LogP contribution in [0.2, 0.25) is 5.02 Å². The van der Waals surface area contributed by atoms with E-state index in [9.17, 15) is 0 Å². The monoisotopic (exact) mass is 322 g/mol. The van der Waals surface area contributed by atoms with Crippen LogP contribution in [0.3, 0.4) is 0 Å². The Bertz CT molecular complexity index is 874. The van der Waals surface area contributed by atoms with Gasteiger partial charge in [-0.05, 0) is 30.3 Å². The molecular formula is C16H11ClN6. The summed E-state index contributed by atoms with van der Waals surface area (Å²) in [6.07, 6.45) is 1.50. The maximum Gasteiger partial charge on any atom is 0.249 e. The first-order valence-corrected chi connectivity index (χ1v) is 7.11. The van der Waals surface area contributed by atoms with Gasteiger partial charge in [-0.2, -0.15) is 15.3 Å². The van der Waals surface area contributed by atoms with Crippen LogP contribution in [0.25, 0.3) is 0 Å². The summed E-state index contributed by atoms with van der Waals surface area (Å²) in [5.41, 5.74) is 1.99. The molecule has 1 aromatic heterocycles. The Kier molecular flexibility index (Phi) is 4.32. The van der Waals surface area contributed by atoms with Crippen LogP contribution in [0.15, 0.2) is 54.7 Å². The summed E-state index contributed by atoms with van der Waals surface area (Å²) in [7, 11) is 0. The predicted molar refractivity (Wildman–Crippen MR) is 89.0 cm³/mol. The molecule has 1 heterocycles. The molecule has 0 saturated carbocycles. The van der Waals surface area contributed by atoms with Gasteiger partial charge in [-0.25, -0.2) is 0 Å². The second-order valence-corrected chi connectivity index (χ2v) is 4.99. The molecule has 0 aliphatic rings. The minimum absolute atomic E-state index is 0.317. The van der Waals surface area contributed by atoms with Crippen molar-refractivity contribution in [1.29, 1.82) is 5.26 Å². The fourth-order valence-corrected chi connectivity index (χ4v) is 2.10. The molecule has 0 amide bonds. The van der Waals surface area contributed by atoms with E-state index < -0.39 is 0 Å². The fraction of sp³-hybridized carbons (Fsp3) is 0. The maximum atomic E-state index is 8.92. The number of rotatable bonds is 4. The first-order valence-electron chi connectivity index (χ1n) is 6.73. The SMILES string of the molecule is N#Cc1cccc(Nc2nncc(Nc3ccccc3Cl)n2)c1. The van der Waals surface area contributed by atoms with Crippen molar-refractivity contribution >= 4 is 34.7 Å². The second kappa shape index (κ2) is 6.73. The van der Waals surface area contributed by atoms with Gasteiger partial charge in [-0.3, -0.25) is 0 Å². The Hall–Kier alpha value is -3.17. The van der Waals surface area contributed by atoms with E-state index in [1.807, 2.05) is 24.3 Å². The molecule has 0 aliphatic carbocycles. The lowest BCUT2D eigenvalue weighted by Crippen LogP contribution is -2.02. The molecule has 3 aromatic rings. The van der Waals surface area contributed by atoms with Crippen molar-refractivity contribution in [2.24, 2.45) is 0 Å². The van der Waals surface area contributed by atoms with Gasteiger partial charge in [0, 0.05) is 5.69 Å². The Morgan fingerprint density at radius 3 is 2.74 bits per heavy atom. The van der Waals surface area contributed by atoms with Gasteiger partial charge in [-0.15, -0.1) is 5.10 Å². The van der Waals surface area contributed by atoms with Gasteiger partial charge in [0.25, 0.3) is 0 Å². The predicted octanol–water partition coefficient (Wildman–Crippen LogP) is 3.88. The summed E-state index contributed by atoms with van der Waals surface area (Å²) in [6.45, 7) is 0. The molecule has 0 saturated heterocycles. The molecule has 0 bridgehead atoms. The molecule has 7 heteroatoms. The van der Waals surface area contributed by atoms with E-state index in [1.54, 1.807) is 24.3 Å². The number of hydrogen-bond donors (Lipinski definition) is 2. The lowest BCUT2D eigenvalue weighted by molar-refractivity contribution is 0.982. The number of para-hydroxylation sites is 1. The van der Waals surface area contributed by atoms with Gasteiger partial charge in [-0.1, -0.05) is 29.8 Å². The molecular weight excluding hydrogens is 312 g/mol. The zero-order valence-corrected chi connectivity index (χ0v) is 12.6. The minimum atomic E-state index is 0.317. The highest BCUT2D eigenvalue weighted by Crippen LogP contribution is 2.24. The summed E-state index contributed by atoms with van der Waals surface area (Å²) in [4.78, 5) is 4.32. The Balaban J connectivity index is 1.80. The van der Waals surface area contributed by atoms with Gasteiger partial charge in [0.1, 0.15) is 0 Å². The van der Waals surface area contributed by atoms with E-state index in [0.29, 0.717) is 28.0 Å². The number of halogens is 1. The van der Waals surface area contributed by atoms with Gasteiger partial charge in [0.05, 0.1) is 28.5 Å². The number of aromatic nitrogens is 3. The maximum absolute atomic E-state index is 8.92. The smallest absolute Gasteiger partial charge is 0.249 e. The lowest BCUT2D eigenvalue weighted by Gasteiger charge is -2.08. The Morgan fingerprint density at radius 2 is 1.91 bits per heavy atom. The van der Waals surface area contributed by atoms with Crippen LogP contribution in [0.4, 0.5) is 23.1 Å². The van der Waals surface area contributed by atoms with Crippen LogP contribution in [0, 0.1) is 11.3 Å². The van der Waals surface area contributed by atoms with Crippen LogP contribution in [-0.2, 0) is 0 Å². The quantitative estimate of drug-likeness (QED) is 0.758. The van der Waals surface area contributed by atoms with Crippen molar-refractivity contribution in [2.45, 2.75) is 0 Å². The molecule has 0 radical (unpaired) electrons. The molecule has 0 spiro atoms. The molecule has 112 valence electrons. The third kappa shape index (κ3) is 3.73. The third-order valence-corrected chi connectivity index (χ3v) is 3.27. The number of nitrogens with zero attached hydrogens (tertiary/aromatic N) is 4. The van der Waals surface area contributed by atoms with Crippen molar-refractivity contribution in [2.75, 3.05) is 10.6 Å².